The zero-order chi connectivity index (χ0) is 17.4. The van der Waals surface area contributed by atoms with E-state index in [9.17, 15) is 9.90 Å². The van der Waals surface area contributed by atoms with Crippen LogP contribution < -0.4 is 10.1 Å². The lowest BCUT2D eigenvalue weighted by atomic mass is 9.82. The van der Waals surface area contributed by atoms with Crippen LogP contribution in [0.1, 0.15) is 51.0 Å². The van der Waals surface area contributed by atoms with Crippen LogP contribution >= 0.6 is 0 Å². The fraction of sp³-hybridized carbons (Fsp3) is 0.579. The van der Waals surface area contributed by atoms with Crippen molar-refractivity contribution in [1.29, 1.82) is 5.26 Å². The first-order chi connectivity index (χ1) is 11.6. The van der Waals surface area contributed by atoms with E-state index in [-0.39, 0.29) is 18.6 Å². The molecule has 0 radical (unpaired) electrons. The second-order valence-electron chi connectivity index (χ2n) is 6.43. The molecule has 0 spiro atoms. The van der Waals surface area contributed by atoms with Crippen molar-refractivity contribution in [3.8, 4) is 11.8 Å². The monoisotopic (exact) mass is 330 g/mol. The van der Waals surface area contributed by atoms with E-state index in [1.807, 2.05) is 0 Å². The number of nitrogens with one attached hydrogen (secondary N) is 1. The minimum atomic E-state index is -0.649. The molecule has 0 aromatic heterocycles. The number of carbonyl (C=O) groups excluding carboxylic acids is 1. The first-order valence-corrected chi connectivity index (χ1v) is 8.72. The molecule has 5 nitrogen and oxygen atoms in total. The maximum absolute atomic E-state index is 12.4. The van der Waals surface area contributed by atoms with Crippen molar-refractivity contribution < 1.29 is 14.6 Å². The minimum absolute atomic E-state index is 0.000655. The summed E-state index contributed by atoms with van der Waals surface area (Å²) in [5.41, 5.74) is 0.500. The third-order valence-corrected chi connectivity index (χ3v) is 4.63. The van der Waals surface area contributed by atoms with Gasteiger partial charge in [-0.25, -0.2) is 0 Å². The van der Waals surface area contributed by atoms with Crippen LogP contribution in [0.5, 0.6) is 5.75 Å². The summed E-state index contributed by atoms with van der Waals surface area (Å²) in [6.07, 6.45) is 5.77. The van der Waals surface area contributed by atoms with Gasteiger partial charge >= 0.3 is 0 Å². The van der Waals surface area contributed by atoms with E-state index < -0.39 is 6.10 Å². The molecule has 130 valence electrons. The van der Waals surface area contributed by atoms with Crippen LogP contribution in [0.15, 0.2) is 24.3 Å². The molecule has 24 heavy (non-hydrogen) atoms. The summed E-state index contributed by atoms with van der Waals surface area (Å²) in [4.78, 5) is 12.4. The molecule has 1 aliphatic rings. The molecule has 0 heterocycles. The standard InChI is InChI=1S/C19H26N2O3/c1-14(24-17-9-5-6-15(12-17)13-20)19(23)21-18(10-11-22)16-7-3-2-4-8-16/h5-6,9,12,14,16,18,22H,2-4,7-8,10-11H2,1H3,(H,21,23). The summed E-state index contributed by atoms with van der Waals surface area (Å²) in [6.45, 7) is 1.77. The van der Waals surface area contributed by atoms with Gasteiger partial charge in [-0.05, 0) is 50.3 Å². The second-order valence-corrected chi connectivity index (χ2v) is 6.43. The number of rotatable bonds is 7. The van der Waals surface area contributed by atoms with Crippen molar-refractivity contribution in [3.05, 3.63) is 29.8 Å². The molecule has 2 atom stereocenters. The van der Waals surface area contributed by atoms with E-state index >= 15 is 0 Å². The topological polar surface area (TPSA) is 82.3 Å². The molecule has 5 heteroatoms. The number of nitrogens with zero attached hydrogens (tertiary/aromatic N) is 1. The number of hydrogen-bond acceptors (Lipinski definition) is 4. The van der Waals surface area contributed by atoms with Crippen molar-refractivity contribution in [3.63, 3.8) is 0 Å². The molecule has 1 saturated carbocycles. The van der Waals surface area contributed by atoms with E-state index in [2.05, 4.69) is 11.4 Å². The lowest BCUT2D eigenvalue weighted by Gasteiger charge is -2.31. The highest BCUT2D eigenvalue weighted by atomic mass is 16.5. The lowest BCUT2D eigenvalue weighted by Crippen LogP contribution is -2.46. The third kappa shape index (κ3) is 5.24. The third-order valence-electron chi connectivity index (χ3n) is 4.63. The van der Waals surface area contributed by atoms with Crippen molar-refractivity contribution >= 4 is 5.91 Å². The van der Waals surface area contributed by atoms with Crippen molar-refractivity contribution in [2.75, 3.05) is 6.61 Å². The molecule has 2 unspecified atom stereocenters. The van der Waals surface area contributed by atoms with Gasteiger partial charge in [0.1, 0.15) is 5.75 Å². The molecule has 0 aliphatic heterocycles. The van der Waals surface area contributed by atoms with Crippen LogP contribution in [0.3, 0.4) is 0 Å². The molecular formula is C19H26N2O3. The first kappa shape index (κ1) is 18.3. The zero-order valence-electron chi connectivity index (χ0n) is 14.2. The van der Waals surface area contributed by atoms with Gasteiger partial charge in [-0.3, -0.25) is 4.79 Å². The Balaban J connectivity index is 1.93. The summed E-state index contributed by atoms with van der Waals surface area (Å²) >= 11 is 0. The van der Waals surface area contributed by atoms with Gasteiger partial charge in [0.15, 0.2) is 6.10 Å². The summed E-state index contributed by atoms with van der Waals surface area (Å²) in [5.74, 6) is 0.762. The van der Waals surface area contributed by atoms with Gasteiger partial charge in [-0.15, -0.1) is 0 Å². The number of ether oxygens (including phenoxy) is 1. The van der Waals surface area contributed by atoms with E-state index in [4.69, 9.17) is 10.00 Å². The number of benzene rings is 1. The van der Waals surface area contributed by atoms with Crippen LogP contribution in [0.4, 0.5) is 0 Å². The number of aliphatic hydroxyl groups is 1. The van der Waals surface area contributed by atoms with E-state index in [1.165, 1.54) is 19.3 Å². The van der Waals surface area contributed by atoms with Gasteiger partial charge in [0.25, 0.3) is 5.91 Å². The SMILES string of the molecule is CC(Oc1cccc(C#N)c1)C(=O)NC(CCO)C1CCCCC1. The largest absolute Gasteiger partial charge is 0.481 e. The average Bonchev–Trinajstić information content (AvgIpc) is 2.62. The van der Waals surface area contributed by atoms with Crippen molar-refractivity contribution in [2.24, 2.45) is 5.92 Å². The van der Waals surface area contributed by atoms with Crippen LogP contribution in [-0.2, 0) is 4.79 Å². The van der Waals surface area contributed by atoms with Crippen LogP contribution in [-0.4, -0.2) is 29.8 Å². The van der Waals surface area contributed by atoms with E-state index in [1.54, 1.807) is 31.2 Å². The highest BCUT2D eigenvalue weighted by Gasteiger charge is 2.26. The Labute approximate surface area is 143 Å². The van der Waals surface area contributed by atoms with E-state index in [0.717, 1.165) is 12.8 Å². The van der Waals surface area contributed by atoms with Gasteiger partial charge in [-0.2, -0.15) is 5.26 Å². The highest BCUT2D eigenvalue weighted by Crippen LogP contribution is 2.27. The summed E-state index contributed by atoms with van der Waals surface area (Å²) in [7, 11) is 0. The maximum atomic E-state index is 12.4. The first-order valence-electron chi connectivity index (χ1n) is 8.72. The predicted octanol–water partition coefficient (Wildman–Crippen LogP) is 2.77. The van der Waals surface area contributed by atoms with Crippen molar-refractivity contribution in [2.45, 2.75) is 57.6 Å². The molecule has 1 aliphatic carbocycles. The number of carbonyl (C=O) groups is 1. The molecular weight excluding hydrogens is 304 g/mol. The van der Waals surface area contributed by atoms with Gasteiger partial charge < -0.3 is 15.2 Å². The highest BCUT2D eigenvalue weighted by molar-refractivity contribution is 5.81. The van der Waals surface area contributed by atoms with Gasteiger partial charge in [0.2, 0.25) is 0 Å². The molecule has 2 rings (SSSR count). The average molecular weight is 330 g/mol. The molecule has 0 saturated heterocycles. The number of hydrogen-bond donors (Lipinski definition) is 2. The fourth-order valence-corrected chi connectivity index (χ4v) is 3.30. The van der Waals surface area contributed by atoms with Crippen LogP contribution in [0.2, 0.25) is 0 Å². The quantitative estimate of drug-likeness (QED) is 0.805. The molecule has 1 aromatic rings. The molecule has 2 N–H and O–H groups in total. The number of nitriles is 1. The fourth-order valence-electron chi connectivity index (χ4n) is 3.30. The molecule has 1 aromatic carbocycles. The number of aliphatic hydroxyl groups excluding tert-OH is 1. The molecule has 0 bridgehead atoms. The Morgan fingerprint density at radius 1 is 1.42 bits per heavy atom. The Kier molecular flexibility index (Phi) is 7.07. The molecule has 1 amide bonds. The Morgan fingerprint density at radius 2 is 2.17 bits per heavy atom. The van der Waals surface area contributed by atoms with Crippen molar-refractivity contribution in [1.82, 2.24) is 5.32 Å². The summed E-state index contributed by atoms with van der Waals surface area (Å²) in [5, 5.41) is 21.3. The van der Waals surface area contributed by atoms with Gasteiger partial charge in [0, 0.05) is 12.6 Å². The second kappa shape index (κ2) is 9.29. The summed E-state index contributed by atoms with van der Waals surface area (Å²) < 4.78 is 5.66. The van der Waals surface area contributed by atoms with Crippen LogP contribution in [0.25, 0.3) is 0 Å². The Bertz CT molecular complexity index is 576. The molecule has 1 fully saturated rings. The van der Waals surface area contributed by atoms with Gasteiger partial charge in [0.05, 0.1) is 11.6 Å². The lowest BCUT2D eigenvalue weighted by molar-refractivity contribution is -0.128. The van der Waals surface area contributed by atoms with Gasteiger partial charge in [-0.1, -0.05) is 25.3 Å². The normalized spacial score (nSPS) is 17.5. The number of amides is 1. The smallest absolute Gasteiger partial charge is 0.261 e. The Hall–Kier alpha value is -2.06. The minimum Gasteiger partial charge on any atom is -0.481 e. The van der Waals surface area contributed by atoms with Crippen LogP contribution in [0, 0.1) is 17.2 Å². The van der Waals surface area contributed by atoms with E-state index in [0.29, 0.717) is 23.7 Å². The summed E-state index contributed by atoms with van der Waals surface area (Å²) in [6, 6.07) is 8.83. The predicted molar refractivity (Wildman–Crippen MR) is 91.5 cm³/mol. The maximum Gasteiger partial charge on any atom is 0.261 e. The zero-order valence-corrected chi connectivity index (χ0v) is 14.2. The Morgan fingerprint density at radius 3 is 2.83 bits per heavy atom.